The number of benzene rings is 1. The molecule has 0 spiro atoms. The summed E-state index contributed by atoms with van der Waals surface area (Å²) in [7, 11) is 3.84. The van der Waals surface area contributed by atoms with E-state index in [0.29, 0.717) is 4.21 Å². The van der Waals surface area contributed by atoms with Crippen molar-refractivity contribution >= 4 is 39.5 Å². The van der Waals surface area contributed by atoms with Crippen molar-refractivity contribution in [1.82, 2.24) is 9.21 Å². The molecule has 2 aromatic rings. The quantitative estimate of drug-likeness (QED) is 0.674. The normalized spacial score (nSPS) is 16.7. The minimum atomic E-state index is -1.51. The highest BCUT2D eigenvalue weighted by atomic mass is 32.2. The van der Waals surface area contributed by atoms with E-state index in [1.807, 2.05) is 0 Å². The lowest BCUT2D eigenvalue weighted by molar-refractivity contribution is 0.100. The summed E-state index contributed by atoms with van der Waals surface area (Å²) in [4.78, 5) is 26.5. The SMILES string of the molecule is CN1CCC(N(C)[S+]([O-])c2cc(C(N)=O)c(NC(=O)c3ccccc3F)s2)CC1. The molecular weight excluding hydrogens is 415 g/mol. The largest absolute Gasteiger partial charge is 0.592 e. The first-order chi connectivity index (χ1) is 13.8. The molecule has 0 aliphatic carbocycles. The second-order valence-electron chi connectivity index (χ2n) is 6.94. The molecule has 1 fully saturated rings. The van der Waals surface area contributed by atoms with E-state index in [-0.39, 0.29) is 22.2 Å². The summed E-state index contributed by atoms with van der Waals surface area (Å²) in [5.41, 5.74) is 5.34. The average molecular weight is 439 g/mol. The van der Waals surface area contributed by atoms with Crippen LogP contribution in [-0.2, 0) is 11.4 Å². The zero-order valence-electron chi connectivity index (χ0n) is 16.2. The number of carbonyl (C=O) groups excluding carboxylic acids is 2. The Morgan fingerprint density at radius 3 is 2.59 bits per heavy atom. The minimum absolute atomic E-state index is 0.0554. The summed E-state index contributed by atoms with van der Waals surface area (Å²) in [6, 6.07) is 7.13. The zero-order chi connectivity index (χ0) is 21.1. The van der Waals surface area contributed by atoms with Crippen LogP contribution in [-0.4, -0.2) is 58.8 Å². The van der Waals surface area contributed by atoms with Crippen molar-refractivity contribution in [1.29, 1.82) is 0 Å². The van der Waals surface area contributed by atoms with Crippen LogP contribution in [0.5, 0.6) is 0 Å². The Labute approximate surface area is 176 Å². The lowest BCUT2D eigenvalue weighted by Crippen LogP contribution is -2.44. The fourth-order valence-electron chi connectivity index (χ4n) is 3.18. The molecule has 1 aliphatic rings. The van der Waals surface area contributed by atoms with Gasteiger partial charge in [0.1, 0.15) is 10.8 Å². The number of carbonyl (C=O) groups is 2. The molecule has 29 heavy (non-hydrogen) atoms. The number of hydrogen-bond acceptors (Lipinski definition) is 6. The van der Waals surface area contributed by atoms with Gasteiger partial charge in [-0.1, -0.05) is 23.5 Å². The van der Waals surface area contributed by atoms with Gasteiger partial charge in [-0.3, -0.25) is 9.59 Å². The number of amides is 2. The molecule has 2 amide bonds. The molecule has 1 aromatic heterocycles. The first-order valence-electron chi connectivity index (χ1n) is 9.10. The maximum absolute atomic E-state index is 13.9. The van der Waals surface area contributed by atoms with Gasteiger partial charge in [0.15, 0.2) is 0 Å². The number of hydrogen-bond donors (Lipinski definition) is 2. The molecule has 2 heterocycles. The topological polar surface area (TPSA) is 102 Å². The van der Waals surface area contributed by atoms with Crippen molar-refractivity contribution in [2.45, 2.75) is 23.1 Å². The molecule has 0 radical (unpaired) electrons. The average Bonchev–Trinajstić information content (AvgIpc) is 3.11. The van der Waals surface area contributed by atoms with Crippen LogP contribution in [0, 0.1) is 5.82 Å². The van der Waals surface area contributed by atoms with Crippen LogP contribution >= 0.6 is 11.3 Å². The van der Waals surface area contributed by atoms with Gasteiger partial charge in [-0.05, 0) is 45.1 Å². The van der Waals surface area contributed by atoms with Crippen molar-refractivity contribution in [2.24, 2.45) is 5.73 Å². The number of nitrogens with zero attached hydrogens (tertiary/aromatic N) is 2. The van der Waals surface area contributed by atoms with E-state index in [2.05, 4.69) is 17.3 Å². The smallest absolute Gasteiger partial charge is 0.259 e. The highest BCUT2D eigenvalue weighted by Gasteiger charge is 2.32. The Morgan fingerprint density at radius 1 is 1.31 bits per heavy atom. The Hall–Kier alpha value is -1.98. The van der Waals surface area contributed by atoms with Gasteiger partial charge in [-0.25, -0.2) is 4.39 Å². The summed E-state index contributed by atoms with van der Waals surface area (Å²) in [6.45, 7) is 1.85. The lowest BCUT2D eigenvalue weighted by Gasteiger charge is -2.33. The van der Waals surface area contributed by atoms with Gasteiger partial charge in [0.25, 0.3) is 11.8 Å². The Balaban J connectivity index is 1.80. The van der Waals surface area contributed by atoms with Crippen molar-refractivity contribution in [3.63, 3.8) is 0 Å². The van der Waals surface area contributed by atoms with E-state index < -0.39 is 29.0 Å². The number of thiophene rings is 1. The van der Waals surface area contributed by atoms with Crippen LogP contribution in [0.4, 0.5) is 9.39 Å². The first kappa shape index (κ1) is 21.7. The third-order valence-corrected chi connectivity index (χ3v) is 7.76. The summed E-state index contributed by atoms with van der Waals surface area (Å²) in [5.74, 6) is -2.13. The van der Waals surface area contributed by atoms with Crippen LogP contribution in [0.1, 0.15) is 33.6 Å². The molecule has 3 rings (SSSR count). The molecule has 1 atom stereocenters. The Kier molecular flexibility index (Phi) is 6.91. The predicted molar refractivity (Wildman–Crippen MR) is 112 cm³/mol. The number of nitrogens with two attached hydrogens (primary N) is 1. The van der Waals surface area contributed by atoms with Crippen molar-refractivity contribution in [3.8, 4) is 0 Å². The van der Waals surface area contributed by atoms with E-state index in [4.69, 9.17) is 5.73 Å². The zero-order valence-corrected chi connectivity index (χ0v) is 17.8. The molecule has 0 bridgehead atoms. The van der Waals surface area contributed by atoms with Crippen LogP contribution in [0.3, 0.4) is 0 Å². The number of piperidine rings is 1. The highest BCUT2D eigenvalue weighted by Crippen LogP contribution is 2.34. The Morgan fingerprint density at radius 2 is 1.97 bits per heavy atom. The monoisotopic (exact) mass is 438 g/mol. The van der Waals surface area contributed by atoms with Gasteiger partial charge in [0, 0.05) is 13.1 Å². The molecule has 1 aromatic carbocycles. The van der Waals surface area contributed by atoms with E-state index in [0.717, 1.165) is 37.3 Å². The Bertz CT molecular complexity index is 899. The van der Waals surface area contributed by atoms with Crippen LogP contribution in [0.2, 0.25) is 0 Å². The molecule has 1 aliphatic heterocycles. The van der Waals surface area contributed by atoms with Crippen molar-refractivity contribution in [2.75, 3.05) is 32.5 Å². The van der Waals surface area contributed by atoms with Gasteiger partial charge >= 0.3 is 0 Å². The maximum Gasteiger partial charge on any atom is 0.259 e. The third kappa shape index (κ3) is 4.96. The van der Waals surface area contributed by atoms with Gasteiger partial charge in [-0.2, -0.15) is 0 Å². The first-order valence-corrected chi connectivity index (χ1v) is 11.0. The summed E-state index contributed by atoms with van der Waals surface area (Å²) < 4.78 is 29.1. The van der Waals surface area contributed by atoms with E-state index >= 15 is 0 Å². The third-order valence-electron chi connectivity index (χ3n) is 4.96. The number of primary amides is 1. The highest BCUT2D eigenvalue weighted by molar-refractivity contribution is 7.91. The molecular formula is C19H23FN4O3S2. The fraction of sp³-hybridized carbons (Fsp3) is 0.368. The maximum atomic E-state index is 13.9. The van der Waals surface area contributed by atoms with Crippen LogP contribution < -0.4 is 11.1 Å². The van der Waals surface area contributed by atoms with Gasteiger partial charge in [0.05, 0.1) is 28.5 Å². The van der Waals surface area contributed by atoms with Crippen LogP contribution in [0.25, 0.3) is 0 Å². The van der Waals surface area contributed by atoms with E-state index in [9.17, 15) is 18.5 Å². The molecule has 1 unspecified atom stereocenters. The fourth-order valence-corrected chi connectivity index (χ4v) is 5.85. The number of anilines is 1. The van der Waals surface area contributed by atoms with E-state index in [1.54, 1.807) is 17.4 Å². The number of nitrogens with one attached hydrogen (secondary N) is 1. The van der Waals surface area contributed by atoms with Gasteiger partial charge in [0.2, 0.25) is 4.21 Å². The molecule has 0 saturated carbocycles. The lowest BCUT2D eigenvalue weighted by atomic mass is 10.1. The molecule has 10 heteroatoms. The van der Waals surface area contributed by atoms with Gasteiger partial charge in [-0.15, -0.1) is 4.31 Å². The summed E-state index contributed by atoms with van der Waals surface area (Å²) >= 11 is -0.496. The number of rotatable bonds is 6. The minimum Gasteiger partial charge on any atom is -0.592 e. The molecule has 1 saturated heterocycles. The van der Waals surface area contributed by atoms with Crippen molar-refractivity contribution < 1.29 is 18.5 Å². The standard InChI is InChI=1S/C19H23FN4O3S2/c1-23-9-7-12(8-10-23)24(2)29(27)16-11-14(17(21)25)19(28-16)22-18(26)13-5-3-4-6-15(13)20/h3-6,11-12H,7-10H2,1-2H3,(H2,21,25)(H,22,26). The van der Waals surface area contributed by atoms with E-state index in [1.165, 1.54) is 24.3 Å². The molecule has 156 valence electrons. The molecule has 7 nitrogen and oxygen atoms in total. The van der Waals surface area contributed by atoms with Crippen molar-refractivity contribution in [3.05, 3.63) is 47.3 Å². The van der Waals surface area contributed by atoms with Gasteiger partial charge < -0.3 is 20.5 Å². The second-order valence-corrected chi connectivity index (χ2v) is 9.76. The van der Waals surface area contributed by atoms with Crippen LogP contribution in [0.15, 0.2) is 34.5 Å². The summed E-state index contributed by atoms with van der Waals surface area (Å²) in [5, 5.41) is 2.69. The number of halogens is 1. The number of likely N-dealkylation sites (tertiary alicyclic amines) is 1. The molecule has 3 N–H and O–H groups in total. The second kappa shape index (κ2) is 9.23. The predicted octanol–water partition coefficient (Wildman–Crippen LogP) is 2.29. The summed E-state index contributed by atoms with van der Waals surface area (Å²) in [6.07, 6.45) is 1.79.